The Hall–Kier alpha value is -2.24. The molecule has 2 aromatic rings. The quantitative estimate of drug-likeness (QED) is 0.838. The van der Waals surface area contributed by atoms with Crippen LogP contribution < -0.4 is 15.0 Å². The van der Waals surface area contributed by atoms with Crippen molar-refractivity contribution in [2.24, 2.45) is 0 Å². The van der Waals surface area contributed by atoms with E-state index >= 15 is 0 Å². The Morgan fingerprint density at radius 1 is 1.27 bits per heavy atom. The molecule has 5 nitrogen and oxygen atoms in total. The summed E-state index contributed by atoms with van der Waals surface area (Å²) in [4.78, 5) is 25.9. The molecule has 0 spiro atoms. The van der Waals surface area contributed by atoms with Gasteiger partial charge in [-0.3, -0.25) is 9.59 Å². The van der Waals surface area contributed by atoms with E-state index in [1.165, 1.54) is 6.92 Å². The Kier molecular flexibility index (Phi) is 5.39. The van der Waals surface area contributed by atoms with E-state index in [0.717, 1.165) is 16.8 Å². The molecule has 1 aliphatic rings. The number of ether oxygens (including phenoxy) is 1. The maximum atomic E-state index is 12.8. The van der Waals surface area contributed by atoms with Crippen molar-refractivity contribution in [3.8, 4) is 5.75 Å². The van der Waals surface area contributed by atoms with E-state index in [0.29, 0.717) is 22.3 Å². The first kappa shape index (κ1) is 18.5. The molecule has 1 aliphatic heterocycles. The monoisotopic (exact) mass is 392 g/mol. The zero-order valence-corrected chi connectivity index (χ0v) is 15.9. The lowest BCUT2D eigenvalue weighted by Gasteiger charge is -2.20. The number of carbonyl (C=O) groups excluding carboxylic acids is 2. The van der Waals surface area contributed by atoms with Crippen LogP contribution in [0.4, 0.5) is 5.69 Å². The van der Waals surface area contributed by atoms with Crippen LogP contribution in [0.1, 0.15) is 24.1 Å². The smallest absolute Gasteiger partial charge is 0.254 e. The third kappa shape index (κ3) is 3.64. The molecule has 0 fully saturated rings. The summed E-state index contributed by atoms with van der Waals surface area (Å²) in [5.41, 5.74) is 2.59. The number of halogens is 2. The first-order chi connectivity index (χ1) is 12.4. The van der Waals surface area contributed by atoms with Crippen LogP contribution in [0, 0.1) is 6.92 Å². The van der Waals surface area contributed by atoms with Crippen LogP contribution in [-0.2, 0) is 9.59 Å². The van der Waals surface area contributed by atoms with E-state index in [4.69, 9.17) is 27.9 Å². The zero-order chi connectivity index (χ0) is 18.8. The number of nitrogens with zero attached hydrogens (tertiary/aromatic N) is 1. The molecule has 0 saturated carbocycles. The standard InChI is InChI=1S/C19H18Cl2N2O3/c1-11-4-3-5-14-17(22-12(2)24)19(25)23(18(11)14)8-9-26-16-7-6-13(20)10-15(16)21/h3-7,10,17H,8-9H2,1-2H3,(H,22,24)/t17-/m1/s1. The van der Waals surface area contributed by atoms with Crippen LogP contribution in [0.25, 0.3) is 0 Å². The number of anilines is 1. The Balaban J connectivity index is 1.77. The molecule has 1 atom stereocenters. The summed E-state index contributed by atoms with van der Waals surface area (Å²) in [5, 5.41) is 3.66. The van der Waals surface area contributed by atoms with Crippen molar-refractivity contribution in [1.82, 2.24) is 5.32 Å². The van der Waals surface area contributed by atoms with Gasteiger partial charge < -0.3 is 15.0 Å². The lowest BCUT2D eigenvalue weighted by molar-refractivity contribution is -0.126. The number of rotatable bonds is 5. The van der Waals surface area contributed by atoms with E-state index < -0.39 is 6.04 Å². The lowest BCUT2D eigenvalue weighted by Crippen LogP contribution is -2.38. The largest absolute Gasteiger partial charge is 0.490 e. The van der Waals surface area contributed by atoms with Crippen molar-refractivity contribution in [2.45, 2.75) is 19.9 Å². The maximum Gasteiger partial charge on any atom is 0.254 e. The van der Waals surface area contributed by atoms with Gasteiger partial charge in [0, 0.05) is 17.5 Å². The van der Waals surface area contributed by atoms with Gasteiger partial charge in [0.05, 0.1) is 17.3 Å². The first-order valence-corrected chi connectivity index (χ1v) is 8.90. The van der Waals surface area contributed by atoms with Gasteiger partial charge in [-0.05, 0) is 30.7 Å². The van der Waals surface area contributed by atoms with Gasteiger partial charge >= 0.3 is 0 Å². The van der Waals surface area contributed by atoms with Gasteiger partial charge in [-0.15, -0.1) is 0 Å². The highest BCUT2D eigenvalue weighted by Crippen LogP contribution is 2.38. The Bertz CT molecular complexity index is 870. The van der Waals surface area contributed by atoms with E-state index in [2.05, 4.69) is 5.32 Å². The van der Waals surface area contributed by atoms with Crippen LogP contribution in [0.15, 0.2) is 36.4 Å². The molecule has 2 aromatic carbocycles. The Morgan fingerprint density at radius 3 is 2.73 bits per heavy atom. The number of hydrogen-bond acceptors (Lipinski definition) is 3. The number of benzene rings is 2. The maximum absolute atomic E-state index is 12.8. The summed E-state index contributed by atoms with van der Waals surface area (Å²) >= 11 is 12.0. The number of aryl methyl sites for hydroxylation is 1. The summed E-state index contributed by atoms with van der Waals surface area (Å²) in [6, 6.07) is 9.99. The second-order valence-electron chi connectivity index (χ2n) is 6.06. The molecule has 7 heteroatoms. The SMILES string of the molecule is CC(=O)N[C@H]1C(=O)N(CCOc2ccc(Cl)cc2Cl)c2c(C)cccc21. The number of carbonyl (C=O) groups is 2. The molecule has 136 valence electrons. The highest BCUT2D eigenvalue weighted by molar-refractivity contribution is 6.35. The third-order valence-electron chi connectivity index (χ3n) is 4.18. The molecule has 3 rings (SSSR count). The fourth-order valence-corrected chi connectivity index (χ4v) is 3.55. The summed E-state index contributed by atoms with van der Waals surface area (Å²) in [6.45, 7) is 3.93. The number of hydrogen-bond donors (Lipinski definition) is 1. The number of para-hydroxylation sites is 1. The van der Waals surface area contributed by atoms with Crippen LogP contribution >= 0.6 is 23.2 Å². The van der Waals surface area contributed by atoms with Gasteiger partial charge in [-0.2, -0.15) is 0 Å². The molecule has 0 aliphatic carbocycles. The average molecular weight is 393 g/mol. The Labute approximate surface area is 161 Å². The number of nitrogens with one attached hydrogen (secondary N) is 1. The highest BCUT2D eigenvalue weighted by Gasteiger charge is 2.38. The molecule has 1 N–H and O–H groups in total. The minimum Gasteiger partial charge on any atom is -0.490 e. The van der Waals surface area contributed by atoms with Crippen molar-refractivity contribution in [1.29, 1.82) is 0 Å². The summed E-state index contributed by atoms with van der Waals surface area (Å²) < 4.78 is 5.70. The number of amides is 2. The summed E-state index contributed by atoms with van der Waals surface area (Å²) in [6.07, 6.45) is 0. The van der Waals surface area contributed by atoms with Crippen molar-refractivity contribution in [3.05, 3.63) is 57.6 Å². The summed E-state index contributed by atoms with van der Waals surface area (Å²) in [7, 11) is 0. The molecular weight excluding hydrogens is 375 g/mol. The van der Waals surface area contributed by atoms with Gasteiger partial charge in [0.25, 0.3) is 5.91 Å². The average Bonchev–Trinajstić information content (AvgIpc) is 2.83. The predicted octanol–water partition coefficient (Wildman–Crippen LogP) is 3.90. The molecule has 0 saturated heterocycles. The number of fused-ring (bicyclic) bond motifs is 1. The molecule has 1 heterocycles. The van der Waals surface area contributed by atoms with Gasteiger partial charge in [0.15, 0.2) is 0 Å². The second-order valence-corrected chi connectivity index (χ2v) is 6.90. The Morgan fingerprint density at radius 2 is 2.04 bits per heavy atom. The lowest BCUT2D eigenvalue weighted by atomic mass is 10.1. The fourth-order valence-electron chi connectivity index (χ4n) is 3.09. The van der Waals surface area contributed by atoms with Crippen LogP contribution in [0.3, 0.4) is 0 Å². The third-order valence-corrected chi connectivity index (χ3v) is 4.71. The molecule has 26 heavy (non-hydrogen) atoms. The van der Waals surface area contributed by atoms with Crippen molar-refractivity contribution < 1.29 is 14.3 Å². The second kappa shape index (κ2) is 7.56. The molecular formula is C19H18Cl2N2O3. The normalized spacial score (nSPS) is 15.8. The first-order valence-electron chi connectivity index (χ1n) is 8.14. The van der Waals surface area contributed by atoms with Crippen LogP contribution in [0.5, 0.6) is 5.75 Å². The van der Waals surface area contributed by atoms with Gasteiger partial charge in [0.1, 0.15) is 18.4 Å². The predicted molar refractivity (Wildman–Crippen MR) is 102 cm³/mol. The van der Waals surface area contributed by atoms with Crippen LogP contribution in [0.2, 0.25) is 10.0 Å². The van der Waals surface area contributed by atoms with Gasteiger partial charge in [-0.1, -0.05) is 41.4 Å². The summed E-state index contributed by atoms with van der Waals surface area (Å²) in [5.74, 6) is 0.0864. The van der Waals surface area contributed by atoms with Crippen molar-refractivity contribution >= 4 is 40.7 Å². The fraction of sp³-hybridized carbons (Fsp3) is 0.263. The van der Waals surface area contributed by atoms with E-state index in [1.807, 2.05) is 25.1 Å². The van der Waals surface area contributed by atoms with Crippen LogP contribution in [-0.4, -0.2) is 25.0 Å². The molecule has 2 amide bonds. The van der Waals surface area contributed by atoms with E-state index in [-0.39, 0.29) is 18.4 Å². The van der Waals surface area contributed by atoms with Crippen molar-refractivity contribution in [3.63, 3.8) is 0 Å². The molecule has 0 bridgehead atoms. The van der Waals surface area contributed by atoms with Gasteiger partial charge in [-0.25, -0.2) is 0 Å². The molecule has 0 aromatic heterocycles. The zero-order valence-electron chi connectivity index (χ0n) is 14.4. The van der Waals surface area contributed by atoms with E-state index in [9.17, 15) is 9.59 Å². The van der Waals surface area contributed by atoms with E-state index in [1.54, 1.807) is 23.1 Å². The molecule has 0 unspecified atom stereocenters. The minimum atomic E-state index is -0.665. The van der Waals surface area contributed by atoms with Crippen molar-refractivity contribution in [2.75, 3.05) is 18.1 Å². The van der Waals surface area contributed by atoms with Gasteiger partial charge in [0.2, 0.25) is 5.91 Å². The highest BCUT2D eigenvalue weighted by atomic mass is 35.5. The minimum absolute atomic E-state index is 0.171. The molecule has 0 radical (unpaired) electrons. The topological polar surface area (TPSA) is 58.6 Å².